The van der Waals surface area contributed by atoms with Gasteiger partial charge in [-0.05, 0) is 24.1 Å². The fourth-order valence-electron chi connectivity index (χ4n) is 3.10. The lowest BCUT2D eigenvalue weighted by Gasteiger charge is -2.15. The second-order valence-electron chi connectivity index (χ2n) is 6.22. The molecule has 6 heteroatoms. The van der Waals surface area contributed by atoms with Crippen molar-refractivity contribution in [3.63, 3.8) is 0 Å². The molecular formula is C20H18N2O4. The molecule has 0 radical (unpaired) electrons. The predicted octanol–water partition coefficient (Wildman–Crippen LogP) is 2.32. The number of ketones is 2. The van der Waals surface area contributed by atoms with E-state index in [2.05, 4.69) is 10.6 Å². The number of amides is 2. The van der Waals surface area contributed by atoms with Crippen molar-refractivity contribution in [2.45, 2.75) is 26.3 Å². The zero-order valence-electron chi connectivity index (χ0n) is 14.5. The summed E-state index contributed by atoms with van der Waals surface area (Å²) in [6.45, 7) is 2.60. The van der Waals surface area contributed by atoms with Gasteiger partial charge in [0.2, 0.25) is 11.8 Å². The Morgan fingerprint density at radius 1 is 0.923 bits per heavy atom. The van der Waals surface area contributed by atoms with Gasteiger partial charge in [0.1, 0.15) is 0 Å². The van der Waals surface area contributed by atoms with Crippen LogP contribution in [-0.4, -0.2) is 29.4 Å². The van der Waals surface area contributed by atoms with Crippen molar-refractivity contribution in [1.82, 2.24) is 5.32 Å². The van der Waals surface area contributed by atoms with Crippen LogP contribution in [-0.2, 0) is 14.4 Å². The predicted molar refractivity (Wildman–Crippen MR) is 96.8 cm³/mol. The number of nitrogens with one attached hydrogen (secondary N) is 2. The van der Waals surface area contributed by atoms with Crippen LogP contribution >= 0.6 is 0 Å². The Kier molecular flexibility index (Phi) is 4.67. The minimum atomic E-state index is -0.892. The van der Waals surface area contributed by atoms with E-state index in [0.29, 0.717) is 16.8 Å². The number of carbonyl (C=O) groups is 4. The highest BCUT2D eigenvalue weighted by molar-refractivity contribution is 6.25. The number of hydrogen-bond acceptors (Lipinski definition) is 4. The molecule has 1 atom stereocenters. The van der Waals surface area contributed by atoms with E-state index in [0.717, 1.165) is 11.1 Å². The molecule has 6 nitrogen and oxygen atoms in total. The van der Waals surface area contributed by atoms with Gasteiger partial charge in [0.25, 0.3) is 0 Å². The van der Waals surface area contributed by atoms with E-state index in [1.54, 1.807) is 24.3 Å². The van der Waals surface area contributed by atoms with Gasteiger partial charge in [0.15, 0.2) is 11.6 Å². The summed E-state index contributed by atoms with van der Waals surface area (Å²) in [6, 6.07) is 11.6. The molecule has 132 valence electrons. The van der Waals surface area contributed by atoms with Gasteiger partial charge in [-0.3, -0.25) is 19.2 Å². The van der Waals surface area contributed by atoms with Gasteiger partial charge in [-0.2, -0.15) is 0 Å². The number of Topliss-reactive ketones (excluding diaryl/α,β-unsaturated/α-hetero) is 1. The summed E-state index contributed by atoms with van der Waals surface area (Å²) < 4.78 is 0. The van der Waals surface area contributed by atoms with Crippen LogP contribution in [0.4, 0.5) is 5.69 Å². The van der Waals surface area contributed by atoms with Crippen LogP contribution in [0.15, 0.2) is 42.5 Å². The Hall–Kier alpha value is -3.28. The molecule has 3 rings (SSSR count). The van der Waals surface area contributed by atoms with Crippen molar-refractivity contribution < 1.29 is 19.2 Å². The lowest BCUT2D eigenvalue weighted by Crippen LogP contribution is -2.41. The zero-order chi connectivity index (χ0) is 18.8. The molecule has 2 N–H and O–H groups in total. The van der Waals surface area contributed by atoms with Gasteiger partial charge in [-0.15, -0.1) is 0 Å². The Balaban J connectivity index is 1.84. The largest absolute Gasteiger partial charge is 0.346 e. The number of hydrogen-bond donors (Lipinski definition) is 2. The maximum Gasteiger partial charge on any atom is 0.226 e. The minimum absolute atomic E-state index is 0.142. The number of anilines is 1. The normalized spacial score (nSPS) is 12.8. The Morgan fingerprint density at radius 2 is 1.58 bits per heavy atom. The van der Waals surface area contributed by atoms with Crippen LogP contribution < -0.4 is 10.6 Å². The van der Waals surface area contributed by atoms with E-state index in [1.807, 2.05) is 18.2 Å². The van der Waals surface area contributed by atoms with E-state index in [1.165, 1.54) is 13.8 Å². The van der Waals surface area contributed by atoms with Crippen molar-refractivity contribution in [2.75, 3.05) is 5.32 Å². The van der Waals surface area contributed by atoms with Crippen molar-refractivity contribution in [3.05, 3.63) is 53.6 Å². The van der Waals surface area contributed by atoms with E-state index in [9.17, 15) is 19.2 Å². The summed E-state index contributed by atoms with van der Waals surface area (Å²) in [5.41, 5.74) is 3.06. The summed E-state index contributed by atoms with van der Waals surface area (Å²) in [6.07, 6.45) is -0.195. The van der Waals surface area contributed by atoms with Crippen molar-refractivity contribution >= 4 is 29.1 Å². The first-order valence-electron chi connectivity index (χ1n) is 8.23. The van der Waals surface area contributed by atoms with Crippen molar-refractivity contribution in [2.24, 2.45) is 0 Å². The second-order valence-corrected chi connectivity index (χ2v) is 6.22. The SMILES string of the molecule is CC(=O)NC(CC(=O)Nc1cccc2c1C(=O)c1ccccc1-2)C(C)=O. The summed E-state index contributed by atoms with van der Waals surface area (Å²) >= 11 is 0. The highest BCUT2D eigenvalue weighted by atomic mass is 16.2. The van der Waals surface area contributed by atoms with Crippen LogP contribution in [0.3, 0.4) is 0 Å². The highest BCUT2D eigenvalue weighted by Crippen LogP contribution is 2.39. The fourth-order valence-corrected chi connectivity index (χ4v) is 3.10. The molecule has 26 heavy (non-hydrogen) atoms. The topological polar surface area (TPSA) is 92.3 Å². The first-order chi connectivity index (χ1) is 12.4. The Morgan fingerprint density at radius 3 is 2.23 bits per heavy atom. The maximum absolute atomic E-state index is 12.7. The molecule has 0 heterocycles. The molecule has 1 unspecified atom stereocenters. The van der Waals surface area contributed by atoms with E-state index >= 15 is 0 Å². The Bertz CT molecular complexity index is 933. The quantitative estimate of drug-likeness (QED) is 0.739. The molecule has 0 bridgehead atoms. The Labute approximate surface area is 150 Å². The molecule has 2 aromatic rings. The lowest BCUT2D eigenvalue weighted by molar-refractivity contribution is -0.127. The van der Waals surface area contributed by atoms with Crippen LogP contribution in [0.1, 0.15) is 36.2 Å². The van der Waals surface area contributed by atoms with E-state index < -0.39 is 11.9 Å². The first kappa shape index (κ1) is 17.5. The molecule has 0 spiro atoms. The molecule has 2 amide bonds. The fraction of sp³-hybridized carbons (Fsp3) is 0.200. The average molecular weight is 350 g/mol. The van der Waals surface area contributed by atoms with Gasteiger partial charge >= 0.3 is 0 Å². The molecule has 0 saturated heterocycles. The van der Waals surface area contributed by atoms with Gasteiger partial charge in [0, 0.05) is 12.5 Å². The maximum atomic E-state index is 12.7. The highest BCUT2D eigenvalue weighted by Gasteiger charge is 2.29. The molecule has 0 aliphatic heterocycles. The monoisotopic (exact) mass is 350 g/mol. The number of rotatable bonds is 5. The summed E-state index contributed by atoms with van der Waals surface area (Å²) in [5.74, 6) is -1.28. The van der Waals surface area contributed by atoms with Crippen LogP contribution in [0, 0.1) is 0 Å². The number of fused-ring (bicyclic) bond motifs is 3. The van der Waals surface area contributed by atoms with Gasteiger partial charge in [-0.1, -0.05) is 36.4 Å². The van der Waals surface area contributed by atoms with Crippen molar-refractivity contribution in [3.8, 4) is 11.1 Å². The standard InChI is InChI=1S/C20H18N2O4/c1-11(23)17(21-12(2)24)10-18(25)22-16-9-5-8-14-13-6-3-4-7-15(13)20(26)19(14)16/h3-9,17H,10H2,1-2H3,(H,21,24)(H,22,25). The zero-order valence-corrected chi connectivity index (χ0v) is 14.5. The van der Waals surface area contributed by atoms with Crippen molar-refractivity contribution in [1.29, 1.82) is 0 Å². The average Bonchev–Trinajstić information content (AvgIpc) is 2.88. The molecule has 1 aliphatic rings. The van der Waals surface area contributed by atoms with E-state index in [-0.39, 0.29) is 23.9 Å². The van der Waals surface area contributed by atoms with Crippen LogP contribution in [0.25, 0.3) is 11.1 Å². The third-order valence-electron chi connectivity index (χ3n) is 4.29. The first-order valence-corrected chi connectivity index (χ1v) is 8.23. The molecule has 1 aliphatic carbocycles. The molecule has 2 aromatic carbocycles. The summed E-state index contributed by atoms with van der Waals surface area (Å²) in [7, 11) is 0. The molecule has 0 aromatic heterocycles. The number of carbonyl (C=O) groups excluding carboxylic acids is 4. The smallest absolute Gasteiger partial charge is 0.226 e. The van der Waals surface area contributed by atoms with Gasteiger partial charge < -0.3 is 10.6 Å². The van der Waals surface area contributed by atoms with Crippen LogP contribution in [0.5, 0.6) is 0 Å². The third kappa shape index (κ3) is 3.26. The number of benzene rings is 2. The van der Waals surface area contributed by atoms with Gasteiger partial charge in [-0.25, -0.2) is 0 Å². The molecule has 0 fully saturated rings. The summed E-state index contributed by atoms with van der Waals surface area (Å²) in [5, 5.41) is 5.16. The molecular weight excluding hydrogens is 332 g/mol. The van der Waals surface area contributed by atoms with E-state index in [4.69, 9.17) is 0 Å². The second kappa shape index (κ2) is 6.92. The van der Waals surface area contributed by atoms with Gasteiger partial charge in [0.05, 0.1) is 23.7 Å². The molecule has 0 saturated carbocycles. The lowest BCUT2D eigenvalue weighted by atomic mass is 10.0. The minimum Gasteiger partial charge on any atom is -0.346 e. The van der Waals surface area contributed by atoms with Crippen LogP contribution in [0.2, 0.25) is 0 Å². The third-order valence-corrected chi connectivity index (χ3v) is 4.29. The summed E-state index contributed by atoms with van der Waals surface area (Å²) in [4.78, 5) is 47.9.